The Kier molecular flexibility index (Phi) is 6.90. The second kappa shape index (κ2) is 9.58. The van der Waals surface area contributed by atoms with Gasteiger partial charge in [0.1, 0.15) is 5.75 Å². The monoisotopic (exact) mass is 418 g/mol. The van der Waals surface area contributed by atoms with E-state index in [1.54, 1.807) is 6.07 Å². The Labute approximate surface area is 174 Å². The van der Waals surface area contributed by atoms with E-state index in [2.05, 4.69) is 22.0 Å². The van der Waals surface area contributed by atoms with Gasteiger partial charge in [0.05, 0.1) is 15.6 Å². The summed E-state index contributed by atoms with van der Waals surface area (Å²) in [5, 5.41) is 14.0. The highest BCUT2D eigenvalue weighted by molar-refractivity contribution is 6.33. The minimum absolute atomic E-state index is 0.0346. The molecule has 29 heavy (non-hydrogen) atoms. The third kappa shape index (κ3) is 5.58. The van der Waals surface area contributed by atoms with Crippen LogP contribution in [0.2, 0.25) is 5.02 Å². The van der Waals surface area contributed by atoms with E-state index in [1.165, 1.54) is 24.3 Å². The largest absolute Gasteiger partial charge is 0.484 e. The fourth-order valence-electron chi connectivity index (χ4n) is 3.16. The van der Waals surface area contributed by atoms with Gasteiger partial charge in [0.2, 0.25) is 0 Å². The molecule has 1 heterocycles. The Morgan fingerprint density at radius 3 is 2.45 bits per heavy atom. The number of nitrogens with zero attached hydrogens (tertiary/aromatic N) is 3. The molecule has 9 heteroatoms. The number of halogens is 1. The molecule has 1 aliphatic heterocycles. The number of likely N-dealkylation sites (N-methyl/N-ethyl adjacent to an activating group) is 1. The smallest absolute Gasteiger partial charge is 0.269 e. The van der Waals surface area contributed by atoms with E-state index in [4.69, 9.17) is 16.3 Å². The number of nitrogens with one attached hydrogen (secondary N) is 1. The Balaban J connectivity index is 1.52. The van der Waals surface area contributed by atoms with Crippen molar-refractivity contribution in [2.75, 3.05) is 49.5 Å². The van der Waals surface area contributed by atoms with Crippen molar-refractivity contribution in [3.05, 3.63) is 57.6 Å². The van der Waals surface area contributed by atoms with E-state index in [1.807, 2.05) is 12.1 Å². The molecule has 1 amide bonds. The van der Waals surface area contributed by atoms with Crippen LogP contribution in [0.15, 0.2) is 42.5 Å². The van der Waals surface area contributed by atoms with E-state index < -0.39 is 4.92 Å². The zero-order valence-corrected chi connectivity index (χ0v) is 16.9. The van der Waals surface area contributed by atoms with Crippen LogP contribution >= 0.6 is 11.6 Å². The summed E-state index contributed by atoms with van der Waals surface area (Å²) in [6.07, 6.45) is 0. The lowest BCUT2D eigenvalue weighted by Gasteiger charge is -2.36. The molecule has 0 saturated carbocycles. The molecule has 0 unspecified atom stereocenters. The number of non-ortho nitro benzene ring substituents is 1. The Bertz CT molecular complexity index is 867. The summed E-state index contributed by atoms with van der Waals surface area (Å²) in [7, 11) is 0. The normalized spacial score (nSPS) is 14.5. The number of piperazine rings is 1. The maximum atomic E-state index is 12.1. The highest BCUT2D eigenvalue weighted by atomic mass is 35.5. The molecule has 0 bridgehead atoms. The van der Waals surface area contributed by atoms with Gasteiger partial charge < -0.3 is 19.9 Å². The number of nitro benzene ring substituents is 1. The maximum Gasteiger partial charge on any atom is 0.269 e. The number of rotatable bonds is 7. The maximum absolute atomic E-state index is 12.1. The van der Waals surface area contributed by atoms with E-state index in [9.17, 15) is 14.9 Å². The number of hydrogen-bond donors (Lipinski definition) is 1. The van der Waals surface area contributed by atoms with Gasteiger partial charge in [0, 0.05) is 44.0 Å². The summed E-state index contributed by atoms with van der Waals surface area (Å²) in [6, 6.07) is 11.0. The number of amides is 1. The zero-order chi connectivity index (χ0) is 20.8. The van der Waals surface area contributed by atoms with Crippen molar-refractivity contribution < 1.29 is 14.5 Å². The second-order valence-corrected chi connectivity index (χ2v) is 7.08. The molecule has 0 spiro atoms. The molecule has 2 aromatic rings. The van der Waals surface area contributed by atoms with Crippen LogP contribution in [-0.4, -0.2) is 55.1 Å². The fourth-order valence-corrected chi connectivity index (χ4v) is 3.46. The van der Waals surface area contributed by atoms with E-state index in [0.29, 0.717) is 16.5 Å². The minimum Gasteiger partial charge on any atom is -0.484 e. The highest BCUT2D eigenvalue weighted by Crippen LogP contribution is 2.29. The fraction of sp³-hybridized carbons (Fsp3) is 0.350. The molecule has 1 saturated heterocycles. The molecule has 0 radical (unpaired) electrons. The van der Waals surface area contributed by atoms with Gasteiger partial charge >= 0.3 is 0 Å². The molecule has 1 fully saturated rings. The lowest BCUT2D eigenvalue weighted by molar-refractivity contribution is -0.384. The van der Waals surface area contributed by atoms with Gasteiger partial charge in [0.15, 0.2) is 6.61 Å². The molecular formula is C20H23ClN4O4. The first-order valence-corrected chi connectivity index (χ1v) is 9.78. The minimum atomic E-state index is -0.492. The van der Waals surface area contributed by atoms with E-state index >= 15 is 0 Å². The summed E-state index contributed by atoms with van der Waals surface area (Å²) >= 11 is 6.44. The van der Waals surface area contributed by atoms with Crippen LogP contribution in [0, 0.1) is 10.1 Å². The first-order chi connectivity index (χ1) is 14.0. The summed E-state index contributed by atoms with van der Waals surface area (Å²) < 4.78 is 5.36. The third-order valence-electron chi connectivity index (χ3n) is 4.81. The number of hydrogen-bond acceptors (Lipinski definition) is 6. The van der Waals surface area contributed by atoms with E-state index in [0.717, 1.165) is 38.4 Å². The van der Waals surface area contributed by atoms with Crippen LogP contribution in [0.25, 0.3) is 0 Å². The average Bonchev–Trinajstić information content (AvgIpc) is 2.73. The Morgan fingerprint density at radius 2 is 1.86 bits per heavy atom. The number of carbonyl (C=O) groups is 1. The SMILES string of the molecule is CCN1CCN(c2ccc(NC(=O)COc3ccc([N+](=O)[O-])cc3)cc2Cl)CC1. The summed E-state index contributed by atoms with van der Waals surface area (Å²) in [5.41, 5.74) is 1.51. The Hall–Kier alpha value is -2.84. The van der Waals surface area contributed by atoms with Crippen LogP contribution < -0.4 is 15.0 Å². The molecule has 0 aromatic heterocycles. The quantitative estimate of drug-likeness (QED) is 0.547. The van der Waals surface area contributed by atoms with Crippen molar-refractivity contribution in [2.45, 2.75) is 6.92 Å². The second-order valence-electron chi connectivity index (χ2n) is 6.68. The molecule has 1 aliphatic rings. The van der Waals surface area contributed by atoms with Gasteiger partial charge in [-0.1, -0.05) is 18.5 Å². The van der Waals surface area contributed by atoms with Gasteiger partial charge in [-0.15, -0.1) is 0 Å². The van der Waals surface area contributed by atoms with Crippen molar-refractivity contribution in [2.24, 2.45) is 0 Å². The van der Waals surface area contributed by atoms with Crippen molar-refractivity contribution in [1.82, 2.24) is 4.90 Å². The van der Waals surface area contributed by atoms with Gasteiger partial charge in [-0.3, -0.25) is 14.9 Å². The van der Waals surface area contributed by atoms with Crippen LogP contribution in [0.5, 0.6) is 5.75 Å². The zero-order valence-electron chi connectivity index (χ0n) is 16.1. The standard InChI is InChI=1S/C20H23ClN4O4/c1-2-23-9-11-24(12-10-23)19-8-3-15(13-18(19)21)22-20(26)14-29-17-6-4-16(5-7-17)25(27)28/h3-8,13H,2,9-12,14H2,1H3,(H,22,26). The van der Waals surface area contributed by atoms with Crippen molar-refractivity contribution >= 4 is 34.6 Å². The van der Waals surface area contributed by atoms with Crippen molar-refractivity contribution in [3.8, 4) is 5.75 Å². The first-order valence-electron chi connectivity index (χ1n) is 9.40. The molecule has 8 nitrogen and oxygen atoms in total. The third-order valence-corrected chi connectivity index (χ3v) is 5.11. The predicted molar refractivity (Wildman–Crippen MR) is 113 cm³/mol. The highest BCUT2D eigenvalue weighted by Gasteiger charge is 2.18. The lowest BCUT2D eigenvalue weighted by atomic mass is 10.2. The predicted octanol–water partition coefficient (Wildman–Crippen LogP) is 3.41. The molecular weight excluding hydrogens is 396 g/mol. The first kappa shape index (κ1) is 20.9. The van der Waals surface area contributed by atoms with Crippen LogP contribution in [-0.2, 0) is 4.79 Å². The van der Waals surface area contributed by atoms with Crippen LogP contribution in [0.1, 0.15) is 6.92 Å². The van der Waals surface area contributed by atoms with Gasteiger partial charge in [-0.25, -0.2) is 0 Å². The van der Waals surface area contributed by atoms with Crippen molar-refractivity contribution in [3.63, 3.8) is 0 Å². The lowest BCUT2D eigenvalue weighted by Crippen LogP contribution is -2.46. The summed E-state index contributed by atoms with van der Waals surface area (Å²) in [4.78, 5) is 26.9. The topological polar surface area (TPSA) is 88.0 Å². The van der Waals surface area contributed by atoms with E-state index in [-0.39, 0.29) is 18.2 Å². The number of anilines is 2. The Morgan fingerprint density at radius 1 is 1.17 bits per heavy atom. The number of nitro groups is 1. The van der Waals surface area contributed by atoms with Crippen LogP contribution in [0.4, 0.5) is 17.1 Å². The summed E-state index contributed by atoms with van der Waals surface area (Å²) in [6.45, 7) is 6.84. The van der Waals surface area contributed by atoms with Crippen molar-refractivity contribution in [1.29, 1.82) is 0 Å². The van der Waals surface area contributed by atoms with Crippen LogP contribution in [0.3, 0.4) is 0 Å². The summed E-state index contributed by atoms with van der Waals surface area (Å²) in [5.74, 6) is 0.0362. The molecule has 3 rings (SSSR count). The van der Waals surface area contributed by atoms with Gasteiger partial charge in [0.25, 0.3) is 11.6 Å². The molecule has 2 aromatic carbocycles. The molecule has 0 atom stereocenters. The molecule has 1 N–H and O–H groups in total. The molecule has 154 valence electrons. The van der Waals surface area contributed by atoms with Gasteiger partial charge in [-0.2, -0.15) is 0 Å². The number of ether oxygens (including phenoxy) is 1. The molecule has 0 aliphatic carbocycles. The van der Waals surface area contributed by atoms with Gasteiger partial charge in [-0.05, 0) is 36.9 Å². The number of benzene rings is 2. The average molecular weight is 419 g/mol. The number of carbonyl (C=O) groups excluding carboxylic acids is 1.